The summed E-state index contributed by atoms with van der Waals surface area (Å²) in [6.07, 6.45) is 7.94. The number of carbonyl (C=O) groups excluding carboxylic acids is 4. The molecule has 0 amide bonds. The molecule has 9 nitrogen and oxygen atoms in total. The van der Waals surface area contributed by atoms with Gasteiger partial charge in [0.05, 0.1) is 5.52 Å². The van der Waals surface area contributed by atoms with Crippen molar-refractivity contribution in [3.8, 4) is 5.69 Å². The summed E-state index contributed by atoms with van der Waals surface area (Å²) in [5.41, 5.74) is 2.78. The van der Waals surface area contributed by atoms with E-state index in [1.807, 2.05) is 35.8 Å². The van der Waals surface area contributed by atoms with Crippen LogP contribution in [0.15, 0.2) is 65.0 Å². The van der Waals surface area contributed by atoms with Crippen molar-refractivity contribution in [2.75, 3.05) is 0 Å². The van der Waals surface area contributed by atoms with E-state index in [0.29, 0.717) is 24.0 Å². The van der Waals surface area contributed by atoms with Gasteiger partial charge in [0.1, 0.15) is 11.4 Å². The Morgan fingerprint density at radius 1 is 0.707 bits per heavy atom. The van der Waals surface area contributed by atoms with Gasteiger partial charge in [0.2, 0.25) is 11.6 Å². The summed E-state index contributed by atoms with van der Waals surface area (Å²) >= 11 is 0. The van der Waals surface area contributed by atoms with E-state index < -0.39 is 11.9 Å². The lowest BCUT2D eigenvalue weighted by Gasteiger charge is -2.08. The van der Waals surface area contributed by atoms with Gasteiger partial charge in [0.15, 0.2) is 0 Å². The molecule has 0 fully saturated rings. The van der Waals surface area contributed by atoms with Crippen molar-refractivity contribution in [2.45, 2.75) is 79.1 Å². The molecule has 0 saturated heterocycles. The molecule has 0 saturated carbocycles. The first-order valence-corrected chi connectivity index (χ1v) is 14.1. The maximum Gasteiger partial charge on any atom is 0.331 e. The maximum atomic E-state index is 13.5. The molecule has 3 rings (SSSR count). The number of carbonyl (C=O) groups is 4. The summed E-state index contributed by atoms with van der Waals surface area (Å²) in [6.45, 7) is 6.59. The molecule has 0 aliphatic carbocycles. The number of nitrogens with zero attached hydrogens (tertiary/aromatic N) is 3. The minimum absolute atomic E-state index is 0.185. The fourth-order valence-corrected chi connectivity index (χ4v) is 4.37. The Bertz CT molecular complexity index is 1450. The van der Waals surface area contributed by atoms with Crippen LogP contribution in [0.2, 0.25) is 0 Å². The van der Waals surface area contributed by atoms with Gasteiger partial charge < -0.3 is 14.2 Å². The average molecular weight is 560 g/mol. The van der Waals surface area contributed by atoms with Gasteiger partial charge in [-0.25, -0.2) is 9.59 Å². The normalized spacial score (nSPS) is 11.9. The highest BCUT2D eigenvalue weighted by Crippen LogP contribution is 2.27. The van der Waals surface area contributed by atoms with Gasteiger partial charge in [-0.3, -0.25) is 9.59 Å². The lowest BCUT2D eigenvalue weighted by molar-refractivity contribution is -0.141. The van der Waals surface area contributed by atoms with Crippen LogP contribution < -0.4 is 0 Å². The molecule has 1 aromatic heterocycles. The molecule has 0 aliphatic rings. The van der Waals surface area contributed by atoms with Crippen molar-refractivity contribution in [1.29, 1.82) is 0 Å². The zero-order chi connectivity index (χ0) is 29.8. The first-order valence-electron chi connectivity index (χ1n) is 14.1. The van der Waals surface area contributed by atoms with Gasteiger partial charge in [-0.1, -0.05) is 68.0 Å². The minimum Gasteiger partial charge on any atom is -0.318 e. The second kappa shape index (κ2) is 15.4. The number of hydrogen-bond donors (Lipinski definition) is 0. The molecular weight excluding hydrogens is 522 g/mol. The summed E-state index contributed by atoms with van der Waals surface area (Å²) in [7, 11) is 0. The third kappa shape index (κ3) is 8.54. The zero-order valence-corrected chi connectivity index (χ0v) is 24.1. The number of aromatic nitrogens is 1. The molecule has 0 bridgehead atoms. The van der Waals surface area contributed by atoms with Crippen LogP contribution in [-0.4, -0.2) is 39.5 Å². The highest BCUT2D eigenvalue weighted by atomic mass is 16.7. The van der Waals surface area contributed by atoms with Crippen LogP contribution in [0.5, 0.6) is 0 Å². The van der Waals surface area contributed by atoms with E-state index in [9.17, 15) is 19.2 Å². The molecule has 2 aromatic carbocycles. The summed E-state index contributed by atoms with van der Waals surface area (Å²) in [5.74, 6) is -1.79. The number of fused-ring (bicyclic) bond motifs is 1. The van der Waals surface area contributed by atoms with Crippen molar-refractivity contribution < 1.29 is 28.9 Å². The Hall–Kier alpha value is -4.40. The molecule has 0 aliphatic heterocycles. The SMILES string of the molecule is CCCCCC/C(=N\OC(C)=O)C(=O)c1ccc(-n2cc(C(=O)/C(CCCC)=N/OC(C)=O)c3ccccc32)cc1. The van der Waals surface area contributed by atoms with E-state index in [4.69, 9.17) is 9.68 Å². The lowest BCUT2D eigenvalue weighted by atomic mass is 10.0. The van der Waals surface area contributed by atoms with E-state index in [-0.39, 0.29) is 23.0 Å². The first-order chi connectivity index (χ1) is 19.8. The number of ketones is 2. The Morgan fingerprint density at radius 2 is 1.29 bits per heavy atom. The summed E-state index contributed by atoms with van der Waals surface area (Å²) in [6, 6.07) is 14.5. The number of unbranched alkanes of at least 4 members (excludes halogenated alkanes) is 4. The topological polar surface area (TPSA) is 116 Å². The average Bonchev–Trinajstić information content (AvgIpc) is 3.36. The van der Waals surface area contributed by atoms with E-state index in [2.05, 4.69) is 17.2 Å². The van der Waals surface area contributed by atoms with Gasteiger partial charge >= 0.3 is 11.9 Å². The van der Waals surface area contributed by atoms with Gasteiger partial charge in [0, 0.05) is 42.2 Å². The molecule has 0 radical (unpaired) electrons. The summed E-state index contributed by atoms with van der Waals surface area (Å²) in [4.78, 5) is 59.0. The first kappa shape index (κ1) is 31.1. The van der Waals surface area contributed by atoms with Crippen LogP contribution in [-0.2, 0) is 19.3 Å². The molecule has 0 N–H and O–H groups in total. The van der Waals surface area contributed by atoms with Gasteiger partial charge in [-0.05, 0) is 56.0 Å². The van der Waals surface area contributed by atoms with Gasteiger partial charge in [-0.2, -0.15) is 0 Å². The Labute approximate surface area is 240 Å². The van der Waals surface area contributed by atoms with Gasteiger partial charge in [0.25, 0.3) is 0 Å². The highest BCUT2D eigenvalue weighted by molar-refractivity contribution is 6.48. The third-order valence-corrected chi connectivity index (χ3v) is 6.49. The van der Waals surface area contributed by atoms with Gasteiger partial charge in [-0.15, -0.1) is 0 Å². The van der Waals surface area contributed by atoms with E-state index in [0.717, 1.165) is 55.1 Å². The van der Waals surface area contributed by atoms with E-state index in [1.54, 1.807) is 30.5 Å². The second-order valence-electron chi connectivity index (χ2n) is 9.79. The molecule has 216 valence electrons. The summed E-state index contributed by atoms with van der Waals surface area (Å²) < 4.78 is 1.87. The number of Topliss-reactive ketones (excluding diaryl/α,β-unsaturated/α-hetero) is 2. The lowest BCUT2D eigenvalue weighted by Crippen LogP contribution is -2.16. The third-order valence-electron chi connectivity index (χ3n) is 6.49. The fraction of sp³-hybridized carbons (Fsp3) is 0.375. The molecule has 0 spiro atoms. The molecule has 0 atom stereocenters. The van der Waals surface area contributed by atoms with Crippen LogP contribution in [0, 0.1) is 0 Å². The number of benzene rings is 2. The Kier molecular flexibility index (Phi) is 11.7. The fourth-order valence-electron chi connectivity index (χ4n) is 4.37. The standard InChI is InChI=1S/C32H37N3O6/c1-5-7-9-10-15-28(33-40-22(3)36)31(38)24-17-19-25(20-18-24)35-21-27(26-13-11-12-16-30(26)35)32(39)29(14-8-6-2)34-41-23(4)37/h11-13,16-21H,5-10,14-15H2,1-4H3/b33-28+,34-29+. The Morgan fingerprint density at radius 3 is 1.90 bits per heavy atom. The predicted octanol–water partition coefficient (Wildman–Crippen LogP) is 6.99. The molecular formula is C32H37N3O6. The van der Waals surface area contributed by atoms with Crippen LogP contribution in [0.25, 0.3) is 16.6 Å². The molecule has 41 heavy (non-hydrogen) atoms. The van der Waals surface area contributed by atoms with E-state index in [1.165, 1.54) is 13.8 Å². The van der Waals surface area contributed by atoms with Crippen molar-refractivity contribution in [3.63, 3.8) is 0 Å². The summed E-state index contributed by atoms with van der Waals surface area (Å²) in [5, 5.41) is 8.43. The van der Waals surface area contributed by atoms with E-state index >= 15 is 0 Å². The van der Waals surface area contributed by atoms with Crippen LogP contribution >= 0.6 is 0 Å². The molecule has 0 unspecified atom stereocenters. The minimum atomic E-state index is -0.592. The van der Waals surface area contributed by atoms with Crippen LogP contribution in [0.3, 0.4) is 0 Å². The van der Waals surface area contributed by atoms with Crippen molar-refractivity contribution in [3.05, 3.63) is 65.9 Å². The molecule has 1 heterocycles. The van der Waals surface area contributed by atoms with Crippen LogP contribution in [0.1, 0.15) is 99.8 Å². The largest absolute Gasteiger partial charge is 0.331 e. The van der Waals surface area contributed by atoms with Crippen molar-refractivity contribution >= 4 is 45.8 Å². The molecule has 9 heteroatoms. The smallest absolute Gasteiger partial charge is 0.318 e. The zero-order valence-electron chi connectivity index (χ0n) is 24.1. The highest BCUT2D eigenvalue weighted by Gasteiger charge is 2.22. The number of para-hydroxylation sites is 1. The Balaban J connectivity index is 1.94. The molecule has 3 aromatic rings. The monoisotopic (exact) mass is 559 g/mol. The quantitative estimate of drug-likeness (QED) is 0.0651. The number of oxime groups is 2. The second-order valence-corrected chi connectivity index (χ2v) is 9.79. The number of rotatable bonds is 15. The van der Waals surface area contributed by atoms with Crippen LogP contribution in [0.4, 0.5) is 0 Å². The predicted molar refractivity (Wildman–Crippen MR) is 159 cm³/mol. The van der Waals surface area contributed by atoms with Crippen molar-refractivity contribution in [2.24, 2.45) is 10.3 Å². The number of hydrogen-bond acceptors (Lipinski definition) is 8. The van der Waals surface area contributed by atoms with Crippen molar-refractivity contribution in [1.82, 2.24) is 4.57 Å². The maximum absolute atomic E-state index is 13.5.